The van der Waals surface area contributed by atoms with Crippen molar-refractivity contribution >= 4 is 11.3 Å². The maximum absolute atomic E-state index is 5.99. The average Bonchev–Trinajstić information content (AvgIpc) is 2.74. The second-order valence-electron chi connectivity index (χ2n) is 5.06. The number of hydrogen-bond donors (Lipinski definition) is 1. The Morgan fingerprint density at radius 1 is 1.42 bits per heavy atom. The van der Waals surface area contributed by atoms with Crippen molar-refractivity contribution in [2.75, 3.05) is 6.61 Å². The topological polar surface area (TPSA) is 48.1 Å². The van der Waals surface area contributed by atoms with Gasteiger partial charge in [-0.2, -0.15) is 0 Å². The molecule has 3 nitrogen and oxygen atoms in total. The molecule has 19 heavy (non-hydrogen) atoms. The Morgan fingerprint density at radius 2 is 2.26 bits per heavy atom. The van der Waals surface area contributed by atoms with Crippen LogP contribution in [0.5, 0.6) is 5.75 Å². The van der Waals surface area contributed by atoms with Crippen molar-refractivity contribution < 1.29 is 4.74 Å². The van der Waals surface area contributed by atoms with E-state index in [1.54, 1.807) is 11.3 Å². The largest absolute Gasteiger partial charge is 0.492 e. The lowest BCUT2D eigenvalue weighted by Crippen LogP contribution is -2.02. The summed E-state index contributed by atoms with van der Waals surface area (Å²) in [6.07, 6.45) is 0.916. The first-order chi connectivity index (χ1) is 9.20. The van der Waals surface area contributed by atoms with E-state index < -0.39 is 0 Å². The summed E-state index contributed by atoms with van der Waals surface area (Å²) < 4.78 is 5.99. The summed E-state index contributed by atoms with van der Waals surface area (Å²) in [7, 11) is 0. The van der Waals surface area contributed by atoms with Crippen LogP contribution in [0.3, 0.4) is 0 Å². The van der Waals surface area contributed by atoms with Gasteiger partial charge in [0.1, 0.15) is 10.8 Å². The Kier molecular flexibility index (Phi) is 3.29. The molecule has 2 N–H and O–H groups in total. The molecule has 0 atom stereocenters. The number of benzene rings is 1. The summed E-state index contributed by atoms with van der Waals surface area (Å²) in [5.74, 6) is 1.45. The fourth-order valence-electron chi connectivity index (χ4n) is 2.47. The smallest absolute Gasteiger partial charge is 0.132 e. The first-order valence-corrected chi connectivity index (χ1v) is 7.47. The van der Waals surface area contributed by atoms with E-state index in [1.807, 2.05) is 0 Å². The van der Waals surface area contributed by atoms with Gasteiger partial charge in [-0.3, -0.25) is 0 Å². The highest BCUT2D eigenvalue weighted by Gasteiger charge is 2.22. The standard InChI is InChI=1S/C15H18N2OS/c1-9(2)10-4-3-5-11-14-12(6-7-18-15(10)11)19-13(8-16)17-14/h3-5,9H,6-8,16H2,1-2H3. The summed E-state index contributed by atoms with van der Waals surface area (Å²) in [4.78, 5) is 5.98. The zero-order valence-electron chi connectivity index (χ0n) is 11.3. The lowest BCUT2D eigenvalue weighted by atomic mass is 9.97. The van der Waals surface area contributed by atoms with E-state index in [2.05, 4.69) is 37.0 Å². The van der Waals surface area contributed by atoms with Crippen LogP contribution < -0.4 is 10.5 Å². The lowest BCUT2D eigenvalue weighted by Gasteiger charge is -2.15. The number of thiazole rings is 1. The maximum atomic E-state index is 5.99. The van der Waals surface area contributed by atoms with Gasteiger partial charge in [-0.1, -0.05) is 26.0 Å². The minimum atomic E-state index is 0.448. The van der Waals surface area contributed by atoms with Gasteiger partial charge in [-0.05, 0) is 17.5 Å². The van der Waals surface area contributed by atoms with Crippen molar-refractivity contribution in [2.24, 2.45) is 5.73 Å². The molecule has 0 amide bonds. The summed E-state index contributed by atoms with van der Waals surface area (Å²) >= 11 is 1.71. The highest BCUT2D eigenvalue weighted by Crippen LogP contribution is 2.41. The van der Waals surface area contributed by atoms with E-state index >= 15 is 0 Å². The molecule has 0 bridgehead atoms. The highest BCUT2D eigenvalue weighted by molar-refractivity contribution is 7.12. The molecule has 1 aliphatic rings. The molecule has 1 aromatic heterocycles. The van der Waals surface area contributed by atoms with Gasteiger partial charge in [0.15, 0.2) is 0 Å². The molecular formula is C15H18N2OS. The number of aromatic nitrogens is 1. The third-order valence-corrected chi connectivity index (χ3v) is 4.55. The average molecular weight is 274 g/mol. The van der Waals surface area contributed by atoms with Crippen molar-refractivity contribution in [2.45, 2.75) is 32.7 Å². The van der Waals surface area contributed by atoms with Gasteiger partial charge in [0, 0.05) is 23.4 Å². The molecule has 3 rings (SSSR count). The van der Waals surface area contributed by atoms with Crippen molar-refractivity contribution in [3.05, 3.63) is 33.6 Å². The molecule has 0 radical (unpaired) electrons. The third-order valence-electron chi connectivity index (χ3n) is 3.41. The Balaban J connectivity index is 2.20. The van der Waals surface area contributed by atoms with Crippen LogP contribution in [0.25, 0.3) is 11.3 Å². The Bertz CT molecular complexity index is 604. The van der Waals surface area contributed by atoms with Crippen molar-refractivity contribution in [1.82, 2.24) is 4.98 Å². The summed E-state index contributed by atoms with van der Waals surface area (Å²) in [5, 5.41) is 1.01. The molecule has 0 spiro atoms. The van der Waals surface area contributed by atoms with E-state index in [4.69, 9.17) is 10.5 Å². The summed E-state index contributed by atoms with van der Waals surface area (Å²) in [6, 6.07) is 6.34. The Labute approximate surface area is 117 Å². The van der Waals surface area contributed by atoms with Gasteiger partial charge < -0.3 is 10.5 Å². The molecule has 0 saturated heterocycles. The van der Waals surface area contributed by atoms with Crippen LogP contribution in [0, 0.1) is 0 Å². The molecule has 0 unspecified atom stereocenters. The normalized spacial score (nSPS) is 13.7. The van der Waals surface area contributed by atoms with Crippen LogP contribution in [0.15, 0.2) is 18.2 Å². The van der Waals surface area contributed by atoms with Gasteiger partial charge >= 0.3 is 0 Å². The predicted octanol–water partition coefficient (Wildman–Crippen LogP) is 3.33. The SMILES string of the molecule is CC(C)c1cccc2c1OCCc1sc(CN)nc1-2. The molecule has 0 saturated carbocycles. The van der Waals surface area contributed by atoms with Crippen LogP contribution in [0.2, 0.25) is 0 Å². The Hall–Kier alpha value is -1.39. The van der Waals surface area contributed by atoms with Crippen LogP contribution in [0.4, 0.5) is 0 Å². The fraction of sp³-hybridized carbons (Fsp3) is 0.400. The summed E-state index contributed by atoms with van der Waals surface area (Å²) in [6.45, 7) is 5.61. The van der Waals surface area contributed by atoms with Crippen molar-refractivity contribution in [1.29, 1.82) is 0 Å². The van der Waals surface area contributed by atoms with Gasteiger partial charge in [0.05, 0.1) is 12.3 Å². The van der Waals surface area contributed by atoms with Gasteiger partial charge in [0.2, 0.25) is 0 Å². The Morgan fingerprint density at radius 3 is 3.00 bits per heavy atom. The molecule has 1 aromatic carbocycles. The number of fused-ring (bicyclic) bond motifs is 3. The monoisotopic (exact) mass is 274 g/mol. The minimum Gasteiger partial charge on any atom is -0.492 e. The predicted molar refractivity (Wildman–Crippen MR) is 78.7 cm³/mol. The summed E-state index contributed by atoms with van der Waals surface area (Å²) in [5.41, 5.74) is 9.16. The van der Waals surface area contributed by atoms with E-state index in [9.17, 15) is 0 Å². The quantitative estimate of drug-likeness (QED) is 0.913. The number of ether oxygens (including phenoxy) is 1. The molecule has 0 fully saturated rings. The van der Waals surface area contributed by atoms with E-state index in [0.29, 0.717) is 12.5 Å². The maximum Gasteiger partial charge on any atom is 0.132 e. The number of nitrogens with zero attached hydrogens (tertiary/aromatic N) is 1. The van der Waals surface area contributed by atoms with Gasteiger partial charge in [0.25, 0.3) is 0 Å². The van der Waals surface area contributed by atoms with E-state index in [1.165, 1.54) is 10.4 Å². The molecule has 0 aliphatic carbocycles. The molecule has 1 aliphatic heterocycles. The fourth-order valence-corrected chi connectivity index (χ4v) is 3.41. The second kappa shape index (κ2) is 4.94. The molecule has 2 heterocycles. The molecular weight excluding hydrogens is 256 g/mol. The van der Waals surface area contributed by atoms with E-state index in [-0.39, 0.29) is 0 Å². The number of hydrogen-bond acceptors (Lipinski definition) is 4. The third kappa shape index (κ3) is 2.15. The number of para-hydroxylation sites is 1. The number of nitrogens with two attached hydrogens (primary N) is 1. The lowest BCUT2D eigenvalue weighted by molar-refractivity contribution is 0.322. The van der Waals surface area contributed by atoms with Gasteiger partial charge in [-0.25, -0.2) is 4.98 Å². The highest BCUT2D eigenvalue weighted by atomic mass is 32.1. The molecule has 4 heteroatoms. The van der Waals surface area contributed by atoms with Crippen LogP contribution in [0.1, 0.15) is 35.2 Å². The van der Waals surface area contributed by atoms with Crippen LogP contribution >= 0.6 is 11.3 Å². The first-order valence-electron chi connectivity index (χ1n) is 6.65. The molecule has 2 aromatic rings. The minimum absolute atomic E-state index is 0.448. The van der Waals surface area contributed by atoms with Crippen LogP contribution in [-0.4, -0.2) is 11.6 Å². The molecule has 100 valence electrons. The van der Waals surface area contributed by atoms with Gasteiger partial charge in [-0.15, -0.1) is 11.3 Å². The zero-order valence-corrected chi connectivity index (χ0v) is 12.1. The second-order valence-corrected chi connectivity index (χ2v) is 6.23. The van der Waals surface area contributed by atoms with Crippen LogP contribution in [-0.2, 0) is 13.0 Å². The van der Waals surface area contributed by atoms with Crippen molar-refractivity contribution in [3.63, 3.8) is 0 Å². The van der Waals surface area contributed by atoms with E-state index in [0.717, 1.165) is 35.0 Å². The first kappa shape index (κ1) is 12.6. The number of rotatable bonds is 2. The van der Waals surface area contributed by atoms with Crippen molar-refractivity contribution in [3.8, 4) is 17.0 Å². The zero-order chi connectivity index (χ0) is 13.4.